The summed E-state index contributed by atoms with van der Waals surface area (Å²) in [7, 11) is 0. The van der Waals surface area contributed by atoms with Crippen LogP contribution in [-0.2, 0) is 11.2 Å². The lowest BCUT2D eigenvalue weighted by Crippen LogP contribution is -2.16. The SMILES string of the molecule is CCc1ccc(NCCC(=O)Nc2ccc(C)c(Cl)c2)cc1. The van der Waals surface area contributed by atoms with E-state index in [1.807, 2.05) is 31.2 Å². The van der Waals surface area contributed by atoms with E-state index in [0.29, 0.717) is 18.0 Å². The van der Waals surface area contributed by atoms with Crippen LogP contribution in [0.25, 0.3) is 0 Å². The van der Waals surface area contributed by atoms with Crippen LogP contribution < -0.4 is 10.6 Å². The number of hydrogen-bond donors (Lipinski definition) is 2. The van der Waals surface area contributed by atoms with Crippen LogP contribution in [-0.4, -0.2) is 12.5 Å². The van der Waals surface area contributed by atoms with Crippen molar-refractivity contribution in [2.45, 2.75) is 26.7 Å². The van der Waals surface area contributed by atoms with Gasteiger partial charge < -0.3 is 10.6 Å². The van der Waals surface area contributed by atoms with Crippen LogP contribution in [0, 0.1) is 6.92 Å². The molecule has 0 unspecified atom stereocenters. The van der Waals surface area contributed by atoms with Gasteiger partial charge in [-0.2, -0.15) is 0 Å². The molecule has 0 heterocycles. The van der Waals surface area contributed by atoms with Crippen molar-refractivity contribution in [2.24, 2.45) is 0 Å². The fraction of sp³-hybridized carbons (Fsp3) is 0.278. The topological polar surface area (TPSA) is 41.1 Å². The van der Waals surface area contributed by atoms with Crippen molar-refractivity contribution in [2.75, 3.05) is 17.2 Å². The average Bonchev–Trinajstić information content (AvgIpc) is 2.51. The predicted molar refractivity (Wildman–Crippen MR) is 93.7 cm³/mol. The van der Waals surface area contributed by atoms with E-state index in [9.17, 15) is 4.79 Å². The number of hydrogen-bond acceptors (Lipinski definition) is 2. The number of rotatable bonds is 6. The van der Waals surface area contributed by atoms with Crippen molar-refractivity contribution < 1.29 is 4.79 Å². The van der Waals surface area contributed by atoms with Crippen molar-refractivity contribution >= 4 is 28.9 Å². The summed E-state index contributed by atoms with van der Waals surface area (Å²) < 4.78 is 0. The Balaban J connectivity index is 1.78. The second kappa shape index (κ2) is 7.85. The molecule has 0 aliphatic heterocycles. The minimum absolute atomic E-state index is 0.0300. The number of carbonyl (C=O) groups is 1. The van der Waals surface area contributed by atoms with E-state index in [2.05, 4.69) is 29.7 Å². The molecular formula is C18H21ClN2O. The molecule has 2 rings (SSSR count). The third kappa shape index (κ3) is 4.78. The van der Waals surface area contributed by atoms with E-state index in [1.54, 1.807) is 6.07 Å². The van der Waals surface area contributed by atoms with Crippen molar-refractivity contribution in [1.29, 1.82) is 0 Å². The van der Waals surface area contributed by atoms with Gasteiger partial charge in [0, 0.05) is 29.4 Å². The first-order valence-electron chi connectivity index (χ1n) is 7.47. The molecule has 2 aromatic carbocycles. The summed E-state index contributed by atoms with van der Waals surface area (Å²) in [6.45, 7) is 4.66. The Morgan fingerprint density at radius 3 is 2.41 bits per heavy atom. The molecule has 0 saturated heterocycles. The Bertz CT molecular complexity index is 638. The van der Waals surface area contributed by atoms with Gasteiger partial charge in [-0.15, -0.1) is 0 Å². The van der Waals surface area contributed by atoms with Crippen LogP contribution in [0.3, 0.4) is 0 Å². The molecule has 22 heavy (non-hydrogen) atoms. The van der Waals surface area contributed by atoms with Gasteiger partial charge >= 0.3 is 0 Å². The molecule has 0 aliphatic rings. The summed E-state index contributed by atoms with van der Waals surface area (Å²) in [5.74, 6) is -0.0300. The molecule has 0 radical (unpaired) electrons. The van der Waals surface area contributed by atoms with Crippen LogP contribution in [0.5, 0.6) is 0 Å². The first kappa shape index (κ1) is 16.4. The summed E-state index contributed by atoms with van der Waals surface area (Å²) in [6.07, 6.45) is 1.43. The molecule has 0 fully saturated rings. The number of amides is 1. The zero-order chi connectivity index (χ0) is 15.9. The van der Waals surface area contributed by atoms with Gasteiger partial charge in [-0.05, 0) is 48.7 Å². The fourth-order valence-electron chi connectivity index (χ4n) is 2.07. The minimum atomic E-state index is -0.0300. The summed E-state index contributed by atoms with van der Waals surface area (Å²) in [6, 6.07) is 13.8. The zero-order valence-electron chi connectivity index (χ0n) is 12.9. The van der Waals surface area contributed by atoms with Crippen LogP contribution in [0.2, 0.25) is 5.02 Å². The second-order valence-electron chi connectivity index (χ2n) is 5.24. The molecule has 1 amide bonds. The third-order valence-electron chi connectivity index (χ3n) is 3.50. The lowest BCUT2D eigenvalue weighted by Gasteiger charge is -2.09. The lowest BCUT2D eigenvalue weighted by atomic mass is 10.1. The average molecular weight is 317 g/mol. The molecule has 0 spiro atoms. The van der Waals surface area contributed by atoms with E-state index in [0.717, 1.165) is 23.4 Å². The molecule has 0 bridgehead atoms. The van der Waals surface area contributed by atoms with E-state index in [-0.39, 0.29) is 5.91 Å². The number of nitrogens with one attached hydrogen (secondary N) is 2. The zero-order valence-corrected chi connectivity index (χ0v) is 13.7. The van der Waals surface area contributed by atoms with E-state index in [4.69, 9.17) is 11.6 Å². The van der Waals surface area contributed by atoms with E-state index in [1.165, 1.54) is 5.56 Å². The fourth-order valence-corrected chi connectivity index (χ4v) is 2.25. The molecular weight excluding hydrogens is 296 g/mol. The quantitative estimate of drug-likeness (QED) is 0.814. The van der Waals surface area contributed by atoms with E-state index >= 15 is 0 Å². The Hall–Kier alpha value is -2.00. The summed E-state index contributed by atoms with van der Waals surface area (Å²) >= 11 is 6.04. The standard InChI is InChI=1S/C18H21ClN2O/c1-3-14-5-8-15(9-6-14)20-11-10-18(22)21-16-7-4-13(2)17(19)12-16/h4-9,12,20H,3,10-11H2,1-2H3,(H,21,22). The smallest absolute Gasteiger partial charge is 0.226 e. The van der Waals surface area contributed by atoms with Crippen LogP contribution in [0.1, 0.15) is 24.5 Å². The maximum atomic E-state index is 11.9. The molecule has 2 aromatic rings. The highest BCUT2D eigenvalue weighted by Crippen LogP contribution is 2.20. The second-order valence-corrected chi connectivity index (χ2v) is 5.65. The van der Waals surface area contributed by atoms with Gasteiger partial charge in [0.05, 0.1) is 0 Å². The van der Waals surface area contributed by atoms with Crippen molar-refractivity contribution in [3.63, 3.8) is 0 Å². The Kier molecular flexibility index (Phi) is 5.84. The Labute approximate surface area is 136 Å². The maximum absolute atomic E-state index is 11.9. The number of anilines is 2. The summed E-state index contributed by atoms with van der Waals surface area (Å²) in [5.41, 5.74) is 4.06. The molecule has 0 saturated carbocycles. The molecule has 0 aliphatic carbocycles. The van der Waals surface area contributed by atoms with Crippen molar-refractivity contribution in [3.05, 3.63) is 58.6 Å². The number of aryl methyl sites for hydroxylation is 2. The van der Waals surface area contributed by atoms with Crippen molar-refractivity contribution in [1.82, 2.24) is 0 Å². The molecule has 3 nitrogen and oxygen atoms in total. The van der Waals surface area contributed by atoms with Gasteiger partial charge in [-0.3, -0.25) is 4.79 Å². The number of carbonyl (C=O) groups excluding carboxylic acids is 1. The highest BCUT2D eigenvalue weighted by molar-refractivity contribution is 6.31. The van der Waals surface area contributed by atoms with Crippen LogP contribution in [0.15, 0.2) is 42.5 Å². The largest absolute Gasteiger partial charge is 0.385 e. The van der Waals surface area contributed by atoms with Gasteiger partial charge in [0.25, 0.3) is 0 Å². The molecule has 0 atom stereocenters. The molecule has 116 valence electrons. The minimum Gasteiger partial charge on any atom is -0.385 e. The number of halogens is 1. The Morgan fingerprint density at radius 2 is 1.77 bits per heavy atom. The summed E-state index contributed by atoms with van der Waals surface area (Å²) in [4.78, 5) is 11.9. The van der Waals surface area contributed by atoms with Gasteiger partial charge in [-0.25, -0.2) is 0 Å². The molecule has 4 heteroatoms. The van der Waals surface area contributed by atoms with Gasteiger partial charge in [0.1, 0.15) is 0 Å². The monoisotopic (exact) mass is 316 g/mol. The van der Waals surface area contributed by atoms with Gasteiger partial charge in [-0.1, -0.05) is 36.7 Å². The molecule has 0 aromatic heterocycles. The summed E-state index contributed by atoms with van der Waals surface area (Å²) in [5, 5.41) is 6.76. The molecule has 2 N–H and O–H groups in total. The van der Waals surface area contributed by atoms with Gasteiger partial charge in [0.15, 0.2) is 0 Å². The maximum Gasteiger partial charge on any atom is 0.226 e. The highest BCUT2D eigenvalue weighted by Gasteiger charge is 2.04. The third-order valence-corrected chi connectivity index (χ3v) is 3.91. The van der Waals surface area contributed by atoms with Crippen LogP contribution >= 0.6 is 11.6 Å². The first-order valence-corrected chi connectivity index (χ1v) is 7.85. The van der Waals surface area contributed by atoms with Gasteiger partial charge in [0.2, 0.25) is 5.91 Å². The van der Waals surface area contributed by atoms with Crippen molar-refractivity contribution in [3.8, 4) is 0 Å². The number of benzene rings is 2. The highest BCUT2D eigenvalue weighted by atomic mass is 35.5. The first-order chi connectivity index (χ1) is 10.6. The Morgan fingerprint density at radius 1 is 1.09 bits per heavy atom. The van der Waals surface area contributed by atoms with Crippen LogP contribution in [0.4, 0.5) is 11.4 Å². The lowest BCUT2D eigenvalue weighted by molar-refractivity contribution is -0.115. The normalized spacial score (nSPS) is 10.3. The predicted octanol–water partition coefficient (Wildman–Crippen LogP) is 4.65. The van der Waals surface area contributed by atoms with E-state index < -0.39 is 0 Å².